The lowest BCUT2D eigenvalue weighted by Crippen LogP contribution is -1.98. The van der Waals surface area contributed by atoms with E-state index in [0.717, 1.165) is 12.0 Å². The topological polar surface area (TPSA) is 0 Å². The SMILES string of the molecule is CC(C)Cc1ccc(C(Cl)c2ccccc2F)cc1. The molecule has 0 saturated heterocycles. The third-order valence-electron chi connectivity index (χ3n) is 3.09. The zero-order valence-corrected chi connectivity index (χ0v) is 12.0. The maximum atomic E-state index is 13.7. The van der Waals surface area contributed by atoms with Crippen molar-refractivity contribution in [1.82, 2.24) is 0 Å². The molecular formula is C17H18ClF. The van der Waals surface area contributed by atoms with E-state index in [2.05, 4.69) is 26.0 Å². The molecule has 0 amide bonds. The summed E-state index contributed by atoms with van der Waals surface area (Å²) in [4.78, 5) is 0. The molecule has 19 heavy (non-hydrogen) atoms. The Labute approximate surface area is 119 Å². The van der Waals surface area contributed by atoms with Gasteiger partial charge in [0.25, 0.3) is 0 Å². The van der Waals surface area contributed by atoms with Crippen LogP contribution in [0, 0.1) is 11.7 Å². The van der Waals surface area contributed by atoms with Crippen LogP contribution >= 0.6 is 11.6 Å². The van der Waals surface area contributed by atoms with Crippen molar-refractivity contribution < 1.29 is 4.39 Å². The van der Waals surface area contributed by atoms with Gasteiger partial charge in [-0.15, -0.1) is 11.6 Å². The van der Waals surface area contributed by atoms with Crippen molar-refractivity contribution >= 4 is 11.6 Å². The first-order chi connectivity index (χ1) is 9.08. The van der Waals surface area contributed by atoms with Crippen LogP contribution < -0.4 is 0 Å². The zero-order valence-electron chi connectivity index (χ0n) is 11.2. The van der Waals surface area contributed by atoms with E-state index in [1.54, 1.807) is 18.2 Å². The van der Waals surface area contributed by atoms with Gasteiger partial charge in [-0.1, -0.05) is 56.3 Å². The highest BCUT2D eigenvalue weighted by molar-refractivity contribution is 6.22. The van der Waals surface area contributed by atoms with Crippen LogP contribution in [-0.4, -0.2) is 0 Å². The molecule has 0 spiro atoms. The molecule has 2 aromatic carbocycles. The molecule has 0 saturated carbocycles. The molecule has 0 aliphatic carbocycles. The summed E-state index contributed by atoms with van der Waals surface area (Å²) in [5, 5.41) is -0.436. The zero-order chi connectivity index (χ0) is 13.8. The van der Waals surface area contributed by atoms with Crippen LogP contribution in [0.5, 0.6) is 0 Å². The lowest BCUT2D eigenvalue weighted by atomic mass is 9.99. The quantitative estimate of drug-likeness (QED) is 0.660. The monoisotopic (exact) mass is 276 g/mol. The summed E-state index contributed by atoms with van der Waals surface area (Å²) in [6, 6.07) is 14.8. The van der Waals surface area contributed by atoms with Gasteiger partial charge >= 0.3 is 0 Å². The second-order valence-electron chi connectivity index (χ2n) is 5.22. The van der Waals surface area contributed by atoms with Crippen LogP contribution in [0.25, 0.3) is 0 Å². The Bertz CT molecular complexity index is 531. The Kier molecular flexibility index (Phi) is 4.60. The van der Waals surface area contributed by atoms with E-state index in [1.807, 2.05) is 12.1 Å². The molecular weight excluding hydrogens is 259 g/mol. The third kappa shape index (κ3) is 3.57. The molecule has 0 aromatic heterocycles. The van der Waals surface area contributed by atoms with Gasteiger partial charge in [-0.2, -0.15) is 0 Å². The first kappa shape index (κ1) is 14.1. The van der Waals surface area contributed by atoms with Gasteiger partial charge in [-0.3, -0.25) is 0 Å². The Balaban J connectivity index is 2.20. The van der Waals surface area contributed by atoms with Crippen molar-refractivity contribution in [1.29, 1.82) is 0 Å². The Morgan fingerprint density at radius 3 is 2.21 bits per heavy atom. The Morgan fingerprint density at radius 2 is 1.63 bits per heavy atom. The van der Waals surface area contributed by atoms with Crippen molar-refractivity contribution in [2.75, 3.05) is 0 Å². The fourth-order valence-corrected chi connectivity index (χ4v) is 2.48. The molecule has 1 unspecified atom stereocenters. The van der Waals surface area contributed by atoms with Gasteiger partial charge in [0.2, 0.25) is 0 Å². The Hall–Kier alpha value is -1.34. The molecule has 0 aliphatic heterocycles. The van der Waals surface area contributed by atoms with Crippen LogP contribution in [0.2, 0.25) is 0 Å². The van der Waals surface area contributed by atoms with Crippen LogP contribution in [-0.2, 0) is 6.42 Å². The van der Waals surface area contributed by atoms with E-state index in [4.69, 9.17) is 11.6 Å². The maximum Gasteiger partial charge on any atom is 0.128 e. The first-order valence-electron chi connectivity index (χ1n) is 6.55. The molecule has 0 heterocycles. The summed E-state index contributed by atoms with van der Waals surface area (Å²) in [6.45, 7) is 4.38. The molecule has 0 N–H and O–H groups in total. The molecule has 2 heteroatoms. The van der Waals surface area contributed by atoms with Gasteiger partial charge in [-0.05, 0) is 29.5 Å². The molecule has 100 valence electrons. The van der Waals surface area contributed by atoms with E-state index < -0.39 is 5.38 Å². The predicted molar refractivity (Wildman–Crippen MR) is 79.1 cm³/mol. The molecule has 2 aromatic rings. The van der Waals surface area contributed by atoms with Gasteiger partial charge in [0.15, 0.2) is 0 Å². The van der Waals surface area contributed by atoms with Crippen LogP contribution in [0.4, 0.5) is 4.39 Å². The van der Waals surface area contributed by atoms with Crippen molar-refractivity contribution in [2.45, 2.75) is 25.6 Å². The largest absolute Gasteiger partial charge is 0.207 e. The normalized spacial score (nSPS) is 12.7. The van der Waals surface area contributed by atoms with Crippen molar-refractivity contribution in [2.24, 2.45) is 5.92 Å². The predicted octanol–water partition coefficient (Wildman–Crippen LogP) is 5.35. The summed E-state index contributed by atoms with van der Waals surface area (Å²) in [6.07, 6.45) is 1.05. The molecule has 0 nitrogen and oxygen atoms in total. The van der Waals surface area contributed by atoms with Gasteiger partial charge < -0.3 is 0 Å². The average Bonchev–Trinajstić information content (AvgIpc) is 2.39. The summed E-state index contributed by atoms with van der Waals surface area (Å²) in [5.41, 5.74) is 2.75. The van der Waals surface area contributed by atoms with Gasteiger partial charge in [0, 0.05) is 5.56 Å². The second-order valence-corrected chi connectivity index (χ2v) is 5.66. The minimum atomic E-state index is -0.436. The smallest absolute Gasteiger partial charge is 0.128 e. The molecule has 0 bridgehead atoms. The number of rotatable bonds is 4. The van der Waals surface area contributed by atoms with Crippen molar-refractivity contribution in [3.63, 3.8) is 0 Å². The number of hydrogen-bond donors (Lipinski definition) is 0. The van der Waals surface area contributed by atoms with Crippen LogP contribution in [0.1, 0.15) is 35.9 Å². The molecule has 1 atom stereocenters. The molecule has 0 fully saturated rings. The van der Waals surface area contributed by atoms with E-state index in [9.17, 15) is 4.39 Å². The fraction of sp³-hybridized carbons (Fsp3) is 0.294. The highest BCUT2D eigenvalue weighted by atomic mass is 35.5. The lowest BCUT2D eigenvalue weighted by Gasteiger charge is -2.12. The molecule has 2 rings (SSSR count). The fourth-order valence-electron chi connectivity index (χ4n) is 2.15. The van der Waals surface area contributed by atoms with Gasteiger partial charge in [-0.25, -0.2) is 4.39 Å². The number of halogens is 2. The molecule has 0 aliphatic rings. The Morgan fingerprint density at radius 1 is 1.00 bits per heavy atom. The third-order valence-corrected chi connectivity index (χ3v) is 3.58. The number of hydrogen-bond acceptors (Lipinski definition) is 0. The second kappa shape index (κ2) is 6.21. The highest BCUT2D eigenvalue weighted by Gasteiger charge is 2.14. The average molecular weight is 277 g/mol. The summed E-state index contributed by atoms with van der Waals surface area (Å²) in [7, 11) is 0. The van der Waals surface area contributed by atoms with Crippen molar-refractivity contribution in [3.05, 3.63) is 71.0 Å². The van der Waals surface area contributed by atoms with Gasteiger partial charge in [0.05, 0.1) is 5.38 Å². The maximum absolute atomic E-state index is 13.7. The lowest BCUT2D eigenvalue weighted by molar-refractivity contribution is 0.612. The molecule has 0 radical (unpaired) electrons. The highest BCUT2D eigenvalue weighted by Crippen LogP contribution is 2.30. The standard InChI is InChI=1S/C17H18ClF/c1-12(2)11-13-7-9-14(10-8-13)17(18)15-5-3-4-6-16(15)19/h3-10,12,17H,11H2,1-2H3. The summed E-state index contributed by atoms with van der Waals surface area (Å²) >= 11 is 6.35. The number of benzene rings is 2. The summed E-state index contributed by atoms with van der Waals surface area (Å²) < 4.78 is 13.7. The minimum Gasteiger partial charge on any atom is -0.207 e. The van der Waals surface area contributed by atoms with E-state index in [-0.39, 0.29) is 5.82 Å². The summed E-state index contributed by atoms with van der Waals surface area (Å²) in [5.74, 6) is 0.373. The van der Waals surface area contributed by atoms with E-state index in [1.165, 1.54) is 11.6 Å². The minimum absolute atomic E-state index is 0.256. The van der Waals surface area contributed by atoms with Crippen molar-refractivity contribution in [3.8, 4) is 0 Å². The first-order valence-corrected chi connectivity index (χ1v) is 6.99. The van der Waals surface area contributed by atoms with Crippen LogP contribution in [0.3, 0.4) is 0 Å². The van der Waals surface area contributed by atoms with Gasteiger partial charge in [0.1, 0.15) is 5.82 Å². The van der Waals surface area contributed by atoms with E-state index in [0.29, 0.717) is 11.5 Å². The van der Waals surface area contributed by atoms with E-state index >= 15 is 0 Å². The van der Waals surface area contributed by atoms with Crippen LogP contribution in [0.15, 0.2) is 48.5 Å². The number of alkyl halides is 1.